The highest BCUT2D eigenvalue weighted by Gasteiger charge is 2.42. The molecular formula is C73H105B5N8O25S2. The number of hydrogen-bond acceptors (Lipinski definition) is 31. The van der Waals surface area contributed by atoms with Crippen LogP contribution in [0, 0.1) is 0 Å². The fraction of sp³-hybridized carbons (Fsp3) is 0.575. The van der Waals surface area contributed by atoms with Crippen LogP contribution in [0.15, 0.2) is 76.6 Å². The summed E-state index contributed by atoms with van der Waals surface area (Å²) in [6.07, 6.45) is 8.06. The number of nitrogen functional groups attached to an aromatic ring is 2. The van der Waals surface area contributed by atoms with E-state index < -0.39 is 82.7 Å². The lowest BCUT2D eigenvalue weighted by Crippen LogP contribution is -2.53. The molecule has 5 fully saturated rings. The second-order valence-electron chi connectivity index (χ2n) is 29.4. The highest BCUT2D eigenvalue weighted by molar-refractivity contribution is 7.14. The van der Waals surface area contributed by atoms with E-state index >= 15 is 0 Å². The number of nitrogens with zero attached hydrogens (tertiary/aromatic N) is 3. The van der Waals surface area contributed by atoms with Gasteiger partial charge in [-0.15, -0.1) is 22.7 Å². The van der Waals surface area contributed by atoms with Gasteiger partial charge >= 0.3 is 47.5 Å². The monoisotopic (exact) mass is 1610 g/mol. The molecule has 2 aromatic heterocycles. The second kappa shape index (κ2) is 48.3. The van der Waals surface area contributed by atoms with Gasteiger partial charge in [0.2, 0.25) is 11.5 Å². The van der Waals surface area contributed by atoms with E-state index in [0.29, 0.717) is 93.4 Å². The number of Topliss-reactive ketones (excluding diaryl/α,β-unsaturated/α-hetero) is 8. The van der Waals surface area contributed by atoms with Gasteiger partial charge in [-0.1, -0.05) is 53.7 Å². The summed E-state index contributed by atoms with van der Waals surface area (Å²) in [5.74, 6) is -5.08. The first-order valence-corrected chi connectivity index (χ1v) is 39.4. The van der Waals surface area contributed by atoms with E-state index in [-0.39, 0.29) is 162 Å². The molecule has 614 valence electrons. The lowest BCUT2D eigenvalue weighted by atomic mass is 9.64. The van der Waals surface area contributed by atoms with E-state index in [9.17, 15) is 82.7 Å². The molecule has 113 heavy (non-hydrogen) atoms. The maximum atomic E-state index is 12.9. The molecule has 15 N–H and O–H groups in total. The molecule has 2 aromatic carbocycles. The Bertz CT molecular complexity index is 3830. The molecule has 0 spiro atoms. The fourth-order valence-corrected chi connectivity index (χ4v) is 13.8. The lowest BCUT2D eigenvalue weighted by Gasteiger charge is -2.31. The van der Waals surface area contributed by atoms with Gasteiger partial charge in [0.25, 0.3) is 5.91 Å². The number of oxime groups is 1. The second-order valence-corrected chi connectivity index (χ2v) is 31.2. The Labute approximate surface area is 666 Å². The minimum absolute atomic E-state index is 0.00406. The number of aryl methyl sites for hydroxylation is 1. The Hall–Kier alpha value is -8.11. The van der Waals surface area contributed by atoms with E-state index in [1.54, 1.807) is 29.6 Å². The van der Waals surface area contributed by atoms with E-state index in [2.05, 4.69) is 25.8 Å². The third kappa shape index (κ3) is 36.1. The molecule has 0 saturated carbocycles. The molecule has 5 saturated heterocycles. The molecule has 5 aliphatic rings. The van der Waals surface area contributed by atoms with Crippen molar-refractivity contribution in [3.05, 3.63) is 93.9 Å². The van der Waals surface area contributed by atoms with Crippen LogP contribution in [-0.4, -0.2) is 211 Å². The Morgan fingerprint density at radius 1 is 0.531 bits per heavy atom. The summed E-state index contributed by atoms with van der Waals surface area (Å²) in [4.78, 5) is 151. The van der Waals surface area contributed by atoms with Gasteiger partial charge in [-0.2, -0.15) is 0 Å². The van der Waals surface area contributed by atoms with Crippen molar-refractivity contribution in [2.45, 2.75) is 268 Å². The number of carboxylic acids is 2. The molecule has 0 aliphatic carbocycles. The molecule has 11 atom stereocenters. The Kier molecular flexibility index (Phi) is 40.8. The van der Waals surface area contributed by atoms with Crippen LogP contribution in [0.3, 0.4) is 0 Å². The normalized spacial score (nSPS) is 21.9. The van der Waals surface area contributed by atoms with Crippen molar-refractivity contribution in [2.75, 3.05) is 11.5 Å². The molecule has 7 heterocycles. The van der Waals surface area contributed by atoms with Gasteiger partial charge in [0.15, 0.2) is 21.8 Å². The number of ketones is 8. The zero-order valence-corrected chi connectivity index (χ0v) is 66.4. The predicted octanol–water partition coefficient (Wildman–Crippen LogP) is 4.90. The summed E-state index contributed by atoms with van der Waals surface area (Å²) in [6.45, 7) is 10.0. The van der Waals surface area contributed by atoms with Crippen molar-refractivity contribution in [3.63, 3.8) is 0 Å². The van der Waals surface area contributed by atoms with Gasteiger partial charge in [-0.05, 0) is 143 Å². The molecule has 0 radical (unpaired) electrons. The van der Waals surface area contributed by atoms with Gasteiger partial charge in [-0.25, -0.2) is 14.8 Å². The van der Waals surface area contributed by atoms with Crippen LogP contribution in [0.1, 0.15) is 211 Å². The van der Waals surface area contributed by atoms with Gasteiger partial charge in [0, 0.05) is 129 Å². The molecule has 33 nitrogen and oxygen atoms in total. The van der Waals surface area contributed by atoms with Crippen molar-refractivity contribution < 1.29 is 121 Å². The predicted molar refractivity (Wildman–Crippen MR) is 422 cm³/mol. The highest BCUT2D eigenvalue weighted by atomic mass is 32.1. The topological polar surface area (TPSA) is 542 Å². The number of benzene rings is 2. The molecule has 5 aliphatic heterocycles. The SMILES string of the molecule is CC(=O)C[C@@H]1CC[C@H](CC(=O)/C(=N\OC(C)(C)C(=O)O)c2csc(N)n2)B(O)O1.CC(=O)C[C@@H]1CC[C@H](CC(=O)CC[C@H](N)C(=O)O)B(O)O1.CC(=O)C[C@@H]1CC[C@H](CC(=O)CCc2ccccc2)B(O)O1.CC(=O)C[C@@H]1CC[C@H](NC(=O)Cc2csc(N)n2)B(O)O1.CC(=O)C[C@@H]1CC[C@H](NC(=O)c2ccccc2)B(O)O1. The number of anilines is 2. The van der Waals surface area contributed by atoms with Crippen LogP contribution in [0.5, 0.6) is 0 Å². The van der Waals surface area contributed by atoms with Crippen LogP contribution < -0.4 is 27.8 Å². The van der Waals surface area contributed by atoms with Crippen LogP contribution in [0.2, 0.25) is 17.5 Å². The molecule has 40 heteroatoms. The third-order valence-corrected chi connectivity index (χ3v) is 20.2. The maximum absolute atomic E-state index is 12.9. The Morgan fingerprint density at radius 3 is 1.32 bits per heavy atom. The number of aliphatic carboxylic acids is 2. The lowest BCUT2D eigenvalue weighted by molar-refractivity contribution is -0.161. The van der Waals surface area contributed by atoms with Gasteiger partial charge in [0.1, 0.15) is 52.2 Å². The van der Waals surface area contributed by atoms with Crippen LogP contribution in [0.25, 0.3) is 0 Å². The van der Waals surface area contributed by atoms with Crippen molar-refractivity contribution in [1.29, 1.82) is 0 Å². The summed E-state index contributed by atoms with van der Waals surface area (Å²) < 4.78 is 27.0. The van der Waals surface area contributed by atoms with Crippen LogP contribution >= 0.6 is 22.7 Å². The number of nitrogens with one attached hydrogen (secondary N) is 2. The number of nitrogens with two attached hydrogens (primary N) is 3. The van der Waals surface area contributed by atoms with E-state index in [0.717, 1.165) is 36.2 Å². The molecule has 0 unspecified atom stereocenters. The summed E-state index contributed by atoms with van der Waals surface area (Å²) in [5, 5.41) is 80.8. The maximum Gasteiger partial charge on any atom is 0.478 e. The molecule has 4 aromatic rings. The average Bonchev–Trinajstić information content (AvgIpc) is 1.82. The Balaban J connectivity index is 0.000000254. The van der Waals surface area contributed by atoms with Crippen molar-refractivity contribution in [2.24, 2.45) is 10.9 Å². The molecular weight excluding hydrogens is 1510 g/mol. The zero-order chi connectivity index (χ0) is 83.6. The highest BCUT2D eigenvalue weighted by Crippen LogP contribution is 2.35. The summed E-state index contributed by atoms with van der Waals surface area (Å²) in [7, 11) is -5.34. The minimum atomic E-state index is -1.65. The first-order chi connectivity index (χ1) is 53.3. The number of amides is 2. The van der Waals surface area contributed by atoms with E-state index in [1.165, 1.54) is 65.2 Å². The van der Waals surface area contributed by atoms with Crippen molar-refractivity contribution in [1.82, 2.24) is 20.6 Å². The van der Waals surface area contributed by atoms with Gasteiger partial charge in [0.05, 0.1) is 24.0 Å². The molecule has 2 amide bonds. The first kappa shape index (κ1) is 95.5. The number of carbonyl (C=O) groups excluding carboxylic acids is 10. The number of hydrogen-bond donors (Lipinski definition) is 12. The number of aromatic nitrogens is 2. The fourth-order valence-electron chi connectivity index (χ4n) is 12.7. The largest absolute Gasteiger partial charge is 0.480 e. The van der Waals surface area contributed by atoms with Gasteiger partial charge < -0.3 is 91.3 Å². The van der Waals surface area contributed by atoms with E-state index in [4.69, 9.17) is 55.5 Å². The standard InChI is InChI=1S/C17H24BN3O7S.C17H23BO4.C14H18BNO4.C13H22BNO6.C12H18BN3O4S/c1-9(22)6-11-5-4-10(18(26)27-11)7-13(23)14(12-8-29-16(19)20-12)21-28-17(2,3)15(24)25;1-13(19)11-17-10-8-15(18(21)22-17)12-16(20)9-7-14-5-3-2-4-6-14;1-10(17)9-12-7-8-13(15(19)20-12)16-14(18)11-5-3-2-4-6-11;1-8(16)6-11-4-2-9(14(20)21-11)7-10(17)3-5-12(15)13(18)19;1-7(17)4-9-2-3-10(13(19)20-9)16-11(18)5-8-6-21-12(14)15-8/h8,10-11,26H,4-7H2,1-3H3,(H2,19,20)(H,24,25);2-6,15,17,21H,7-12H2,1H3;2-6,12-13,19H,7-9H2,1H3,(H,16,18);9,11-12,20H,2-7,15H2,1H3,(H,18,19);6,9-10,19H,2-5H2,1H3,(H2,14,15)(H,16,18)/b21-14-;;;;/t10-,11+;15-,17+;12-,13-;9-,11+,12+;9-,10-/m11010/s1. The van der Waals surface area contributed by atoms with Crippen molar-refractivity contribution in [3.8, 4) is 0 Å². The first-order valence-electron chi connectivity index (χ1n) is 37.6. The number of thiazole rings is 2. The van der Waals surface area contributed by atoms with Gasteiger partial charge in [-0.3, -0.25) is 52.7 Å². The number of carbonyl (C=O) groups is 12. The molecule has 9 rings (SSSR count). The smallest absolute Gasteiger partial charge is 0.478 e. The number of rotatable bonds is 33. The zero-order valence-electron chi connectivity index (χ0n) is 64.8. The van der Waals surface area contributed by atoms with Crippen LogP contribution in [0.4, 0.5) is 10.3 Å². The number of carboxylic acid groups (broad SMARTS) is 2. The van der Waals surface area contributed by atoms with Crippen molar-refractivity contribution >= 4 is 144 Å². The Morgan fingerprint density at radius 2 is 0.929 bits per heavy atom. The average molecular weight is 1610 g/mol. The quantitative estimate of drug-likeness (QED) is 0.0171. The summed E-state index contributed by atoms with van der Waals surface area (Å²) in [5.41, 5.74) is 17.1. The molecule has 0 bridgehead atoms. The van der Waals surface area contributed by atoms with Crippen LogP contribution in [-0.2, 0) is 93.7 Å². The summed E-state index contributed by atoms with van der Waals surface area (Å²) >= 11 is 2.38. The summed E-state index contributed by atoms with van der Waals surface area (Å²) in [6, 6.07) is 17.7. The minimum Gasteiger partial charge on any atom is -0.480 e. The van der Waals surface area contributed by atoms with E-state index in [1.807, 2.05) is 36.4 Å². The third-order valence-electron chi connectivity index (χ3n) is 18.8.